The van der Waals surface area contributed by atoms with Gasteiger partial charge < -0.3 is 9.26 Å². The van der Waals surface area contributed by atoms with Crippen LogP contribution in [0.5, 0.6) is 0 Å². The van der Waals surface area contributed by atoms with Crippen LogP contribution < -0.4 is 0 Å². The smallest absolute Gasteiger partial charge is 0.339 e. The summed E-state index contributed by atoms with van der Waals surface area (Å²) < 4.78 is 10.3. The number of aromatic nitrogens is 1. The molecule has 0 radical (unpaired) electrons. The van der Waals surface area contributed by atoms with Crippen LogP contribution in [0.1, 0.15) is 27.4 Å². The van der Waals surface area contributed by atoms with Crippen LogP contribution in [0.3, 0.4) is 0 Å². The number of rotatable bonds is 7. The van der Waals surface area contributed by atoms with Crippen molar-refractivity contribution in [1.29, 1.82) is 0 Å². The zero-order valence-electron chi connectivity index (χ0n) is 14.5. The van der Waals surface area contributed by atoms with Gasteiger partial charge in [0.25, 0.3) is 5.69 Å². The molecule has 0 spiro atoms. The van der Waals surface area contributed by atoms with Crippen LogP contribution in [0, 0.1) is 17.0 Å². The molecule has 0 aliphatic carbocycles. The molecule has 0 bridgehead atoms. The second-order valence-corrected chi connectivity index (χ2v) is 6.69. The standard InChI is InChI=1S/C19H16N2O5S/c1-13-10-15(20-26-13)12-27-18-9-5-3-7-16(18)19(22)25-11-14-6-2-4-8-17(14)21(23)24/h2-10H,11-12H2,1H3. The van der Waals surface area contributed by atoms with Crippen molar-refractivity contribution in [3.05, 3.63) is 87.3 Å². The first-order chi connectivity index (χ1) is 13.0. The van der Waals surface area contributed by atoms with Crippen LogP contribution in [0.25, 0.3) is 0 Å². The maximum atomic E-state index is 12.5. The van der Waals surface area contributed by atoms with Crippen molar-refractivity contribution < 1.29 is 19.0 Å². The van der Waals surface area contributed by atoms with Crippen molar-refractivity contribution in [3.63, 3.8) is 0 Å². The predicted octanol–water partition coefficient (Wildman–Crippen LogP) is 4.54. The van der Waals surface area contributed by atoms with E-state index in [1.54, 1.807) is 30.3 Å². The number of carbonyl (C=O) groups excluding carboxylic acids is 1. The van der Waals surface area contributed by atoms with E-state index in [9.17, 15) is 14.9 Å². The van der Waals surface area contributed by atoms with E-state index in [2.05, 4.69) is 5.16 Å². The molecule has 0 aliphatic rings. The maximum Gasteiger partial charge on any atom is 0.339 e. The number of benzene rings is 2. The van der Waals surface area contributed by atoms with E-state index in [0.29, 0.717) is 16.9 Å². The number of hydrogen-bond donors (Lipinski definition) is 0. The number of thioether (sulfide) groups is 1. The van der Waals surface area contributed by atoms with Gasteiger partial charge in [0.05, 0.1) is 21.7 Å². The fraction of sp³-hybridized carbons (Fsp3) is 0.158. The Hall–Kier alpha value is -3.13. The zero-order chi connectivity index (χ0) is 19.2. The highest BCUT2D eigenvalue weighted by molar-refractivity contribution is 7.98. The van der Waals surface area contributed by atoms with Crippen molar-refractivity contribution in [2.24, 2.45) is 0 Å². The molecule has 138 valence electrons. The van der Waals surface area contributed by atoms with Crippen LogP contribution in [-0.4, -0.2) is 16.0 Å². The molecule has 27 heavy (non-hydrogen) atoms. The number of para-hydroxylation sites is 1. The number of ether oxygens (including phenoxy) is 1. The highest BCUT2D eigenvalue weighted by Crippen LogP contribution is 2.27. The molecule has 0 unspecified atom stereocenters. The van der Waals surface area contributed by atoms with Gasteiger partial charge in [0.1, 0.15) is 12.4 Å². The monoisotopic (exact) mass is 384 g/mol. The number of nitrogens with zero attached hydrogens (tertiary/aromatic N) is 2. The van der Waals surface area contributed by atoms with Gasteiger partial charge in [-0.05, 0) is 25.1 Å². The summed E-state index contributed by atoms with van der Waals surface area (Å²) in [5, 5.41) is 15.0. The molecule has 1 aromatic heterocycles. The Kier molecular flexibility index (Phi) is 5.87. The van der Waals surface area contributed by atoms with Crippen molar-refractivity contribution in [3.8, 4) is 0 Å². The van der Waals surface area contributed by atoms with Gasteiger partial charge in [-0.15, -0.1) is 11.8 Å². The summed E-state index contributed by atoms with van der Waals surface area (Å²) in [4.78, 5) is 23.8. The molecule has 7 nitrogen and oxygen atoms in total. The largest absolute Gasteiger partial charge is 0.457 e. The molecule has 0 saturated carbocycles. The molecule has 0 atom stereocenters. The van der Waals surface area contributed by atoms with Gasteiger partial charge in [-0.3, -0.25) is 10.1 Å². The van der Waals surface area contributed by atoms with E-state index in [1.165, 1.54) is 17.8 Å². The molecular formula is C19H16N2O5S. The minimum absolute atomic E-state index is 0.0747. The summed E-state index contributed by atoms with van der Waals surface area (Å²) in [5.41, 5.74) is 1.45. The van der Waals surface area contributed by atoms with E-state index in [4.69, 9.17) is 9.26 Å². The molecule has 1 heterocycles. The minimum Gasteiger partial charge on any atom is -0.457 e. The highest BCUT2D eigenvalue weighted by atomic mass is 32.2. The quantitative estimate of drug-likeness (QED) is 0.255. The van der Waals surface area contributed by atoms with Crippen LogP contribution >= 0.6 is 11.8 Å². The number of esters is 1. The Bertz CT molecular complexity index is 970. The summed E-state index contributed by atoms with van der Waals surface area (Å²) in [7, 11) is 0. The second-order valence-electron chi connectivity index (χ2n) is 5.68. The van der Waals surface area contributed by atoms with E-state index in [0.717, 1.165) is 16.3 Å². The first-order valence-electron chi connectivity index (χ1n) is 8.08. The first kappa shape index (κ1) is 18.7. The van der Waals surface area contributed by atoms with Gasteiger partial charge in [0.2, 0.25) is 0 Å². The molecular weight excluding hydrogens is 368 g/mol. The van der Waals surface area contributed by atoms with Crippen LogP contribution in [0.4, 0.5) is 5.69 Å². The summed E-state index contributed by atoms with van der Waals surface area (Å²) in [6.07, 6.45) is 0. The fourth-order valence-electron chi connectivity index (χ4n) is 2.43. The molecule has 0 aliphatic heterocycles. The number of aryl methyl sites for hydroxylation is 1. The lowest BCUT2D eigenvalue weighted by molar-refractivity contribution is -0.385. The molecule has 0 N–H and O–H groups in total. The molecule has 3 rings (SSSR count). The van der Waals surface area contributed by atoms with Gasteiger partial charge in [-0.1, -0.05) is 29.4 Å². The molecule has 8 heteroatoms. The van der Waals surface area contributed by atoms with Crippen molar-refractivity contribution in [1.82, 2.24) is 5.16 Å². The fourth-order valence-corrected chi connectivity index (χ4v) is 3.35. The first-order valence-corrected chi connectivity index (χ1v) is 9.06. The third kappa shape index (κ3) is 4.73. The molecule has 3 aromatic rings. The van der Waals surface area contributed by atoms with Crippen LogP contribution in [0.2, 0.25) is 0 Å². The lowest BCUT2D eigenvalue weighted by Gasteiger charge is -2.09. The number of carbonyl (C=O) groups is 1. The summed E-state index contributed by atoms with van der Waals surface area (Å²) in [6.45, 7) is 1.65. The van der Waals surface area contributed by atoms with E-state index >= 15 is 0 Å². The van der Waals surface area contributed by atoms with E-state index in [-0.39, 0.29) is 12.3 Å². The molecule has 2 aromatic carbocycles. The zero-order valence-corrected chi connectivity index (χ0v) is 15.3. The van der Waals surface area contributed by atoms with Crippen LogP contribution in [-0.2, 0) is 17.1 Å². The van der Waals surface area contributed by atoms with Gasteiger partial charge in [-0.25, -0.2) is 4.79 Å². The molecule has 0 amide bonds. The third-order valence-electron chi connectivity index (χ3n) is 3.71. The van der Waals surface area contributed by atoms with Crippen LogP contribution in [0.15, 0.2) is 64.0 Å². The topological polar surface area (TPSA) is 95.5 Å². The number of nitro benzene ring substituents is 1. The third-order valence-corrected chi connectivity index (χ3v) is 4.81. The lowest BCUT2D eigenvalue weighted by atomic mass is 10.2. The summed E-state index contributed by atoms with van der Waals surface area (Å²) >= 11 is 1.44. The Morgan fingerprint density at radius 3 is 2.70 bits per heavy atom. The van der Waals surface area contributed by atoms with Crippen molar-refractivity contribution in [2.75, 3.05) is 0 Å². The molecule has 0 fully saturated rings. The normalized spacial score (nSPS) is 10.6. The average molecular weight is 384 g/mol. The number of nitro groups is 1. The van der Waals surface area contributed by atoms with Gasteiger partial charge in [0.15, 0.2) is 0 Å². The van der Waals surface area contributed by atoms with Crippen molar-refractivity contribution in [2.45, 2.75) is 24.2 Å². The summed E-state index contributed by atoms with van der Waals surface area (Å²) in [5.74, 6) is 0.738. The van der Waals surface area contributed by atoms with Crippen molar-refractivity contribution >= 4 is 23.4 Å². The lowest BCUT2D eigenvalue weighted by Crippen LogP contribution is -2.08. The minimum atomic E-state index is -0.535. The SMILES string of the molecule is Cc1cc(CSc2ccccc2C(=O)OCc2ccccc2[N+](=O)[O-])no1. The van der Waals surface area contributed by atoms with Gasteiger partial charge >= 0.3 is 5.97 Å². The Labute approximate surface area is 159 Å². The molecule has 0 saturated heterocycles. The number of hydrogen-bond acceptors (Lipinski definition) is 7. The van der Waals surface area contributed by atoms with E-state index in [1.807, 2.05) is 25.1 Å². The Morgan fingerprint density at radius 2 is 1.96 bits per heavy atom. The average Bonchev–Trinajstić information content (AvgIpc) is 3.10. The summed E-state index contributed by atoms with van der Waals surface area (Å²) in [6, 6.07) is 15.1. The maximum absolute atomic E-state index is 12.5. The van der Waals surface area contributed by atoms with E-state index < -0.39 is 10.9 Å². The Balaban J connectivity index is 1.69. The predicted molar refractivity (Wildman–Crippen MR) is 99.5 cm³/mol. The second kappa shape index (κ2) is 8.50. The highest BCUT2D eigenvalue weighted by Gasteiger charge is 2.17. The van der Waals surface area contributed by atoms with Gasteiger partial charge in [0, 0.05) is 22.8 Å². The van der Waals surface area contributed by atoms with Gasteiger partial charge in [-0.2, -0.15) is 0 Å². The Morgan fingerprint density at radius 1 is 1.22 bits per heavy atom.